The molecule has 0 aliphatic carbocycles. The van der Waals surface area contributed by atoms with Crippen molar-refractivity contribution in [1.29, 1.82) is 0 Å². The van der Waals surface area contributed by atoms with Crippen molar-refractivity contribution in [3.8, 4) is 0 Å². The third-order valence-electron chi connectivity index (χ3n) is 6.13. The van der Waals surface area contributed by atoms with Crippen molar-refractivity contribution >= 4 is 56.9 Å². The zero-order valence-corrected chi connectivity index (χ0v) is 21.5. The minimum atomic E-state index is -0.122. The van der Waals surface area contributed by atoms with E-state index in [2.05, 4.69) is 18.7 Å². The predicted molar refractivity (Wildman–Crippen MR) is 141 cm³/mol. The van der Waals surface area contributed by atoms with Gasteiger partial charge in [-0.2, -0.15) is 0 Å². The van der Waals surface area contributed by atoms with Crippen molar-refractivity contribution in [2.45, 2.75) is 46.3 Å². The van der Waals surface area contributed by atoms with Gasteiger partial charge in [0.15, 0.2) is 0 Å². The first kappa shape index (κ1) is 24.0. The molecule has 0 bridgehead atoms. The first-order chi connectivity index (χ1) is 15.7. The van der Waals surface area contributed by atoms with Gasteiger partial charge in [0.25, 0.3) is 11.5 Å². The Hall–Kier alpha value is -2.16. The maximum absolute atomic E-state index is 13.6. The van der Waals surface area contributed by atoms with Crippen LogP contribution in [0.5, 0.6) is 0 Å². The Morgan fingerprint density at radius 1 is 1.18 bits per heavy atom. The van der Waals surface area contributed by atoms with E-state index >= 15 is 0 Å². The number of amides is 1. The molecule has 6 nitrogen and oxygen atoms in total. The summed E-state index contributed by atoms with van der Waals surface area (Å²) in [6.45, 7) is 10.3. The summed E-state index contributed by atoms with van der Waals surface area (Å²) in [6, 6.07) is 7.93. The largest absolute Gasteiger partial charge is 0.372 e. The molecule has 2 aliphatic rings. The fraction of sp³-hybridized carbons (Fsp3) is 0.480. The van der Waals surface area contributed by atoms with E-state index in [4.69, 9.17) is 17.0 Å². The van der Waals surface area contributed by atoms with Gasteiger partial charge in [0.1, 0.15) is 4.32 Å². The molecule has 8 heteroatoms. The van der Waals surface area contributed by atoms with Gasteiger partial charge in [0.2, 0.25) is 0 Å². The Balaban J connectivity index is 1.86. The van der Waals surface area contributed by atoms with Gasteiger partial charge in [-0.25, -0.2) is 0 Å². The van der Waals surface area contributed by atoms with Crippen molar-refractivity contribution in [3.05, 3.63) is 45.1 Å². The van der Waals surface area contributed by atoms with Gasteiger partial charge < -0.3 is 14.2 Å². The number of carbonyl (C=O) groups excluding carboxylic acids is 1. The van der Waals surface area contributed by atoms with Gasteiger partial charge in [-0.05, 0) is 38.3 Å². The molecular formula is C25H31N3O3S2. The zero-order chi connectivity index (χ0) is 23.9. The highest BCUT2D eigenvalue weighted by Gasteiger charge is 2.33. The topological polar surface area (TPSA) is 54.8 Å². The van der Waals surface area contributed by atoms with Crippen LogP contribution >= 0.6 is 24.0 Å². The summed E-state index contributed by atoms with van der Waals surface area (Å²) in [5.74, 6) is 0.360. The number of anilines is 1. The molecule has 3 heterocycles. The molecule has 2 saturated heterocycles. The summed E-state index contributed by atoms with van der Waals surface area (Å²) in [4.78, 5) is 31.2. The number of morpholine rings is 1. The van der Waals surface area contributed by atoms with Crippen LogP contribution in [0.15, 0.2) is 34.0 Å². The van der Waals surface area contributed by atoms with E-state index in [9.17, 15) is 9.59 Å². The number of pyridine rings is 1. The molecule has 1 aromatic heterocycles. The zero-order valence-electron chi connectivity index (χ0n) is 19.8. The van der Waals surface area contributed by atoms with E-state index in [1.807, 2.05) is 38.1 Å². The van der Waals surface area contributed by atoms with Crippen LogP contribution in [-0.4, -0.2) is 51.5 Å². The number of hydrogen-bond donors (Lipinski definition) is 0. The van der Waals surface area contributed by atoms with E-state index in [0.29, 0.717) is 40.3 Å². The lowest BCUT2D eigenvalue weighted by molar-refractivity contribution is -0.122. The number of para-hydroxylation sites is 1. The summed E-state index contributed by atoms with van der Waals surface area (Å²) in [5, 5.41) is 0.988. The number of aryl methyl sites for hydroxylation is 1. The Labute approximate surface area is 204 Å². The van der Waals surface area contributed by atoms with Crippen LogP contribution in [0.2, 0.25) is 0 Å². The maximum atomic E-state index is 13.6. The van der Waals surface area contributed by atoms with E-state index in [1.54, 1.807) is 22.6 Å². The second-order valence-corrected chi connectivity index (χ2v) is 11.0. The van der Waals surface area contributed by atoms with Gasteiger partial charge >= 0.3 is 0 Å². The quantitative estimate of drug-likeness (QED) is 0.462. The average molecular weight is 486 g/mol. The molecule has 0 N–H and O–H groups in total. The van der Waals surface area contributed by atoms with Crippen molar-refractivity contribution < 1.29 is 9.53 Å². The molecule has 2 fully saturated rings. The Morgan fingerprint density at radius 3 is 2.52 bits per heavy atom. The Kier molecular flexibility index (Phi) is 6.98. The minimum absolute atomic E-state index is 0.0404. The summed E-state index contributed by atoms with van der Waals surface area (Å²) < 4.78 is 8.17. The third-order valence-corrected chi connectivity index (χ3v) is 7.50. The van der Waals surface area contributed by atoms with Crippen LogP contribution < -0.4 is 10.5 Å². The number of nitrogens with zero attached hydrogens (tertiary/aromatic N) is 3. The summed E-state index contributed by atoms with van der Waals surface area (Å²) in [6.07, 6.45) is 2.72. The number of thiocarbonyl (C=S) groups is 1. The molecule has 4 rings (SSSR count). The number of fused-ring (bicyclic) bond motifs is 1. The SMILES string of the molecule is CC(C)CCN1C(=O)C(=Cc2c(N3CC(C)OC(C)C3)c3ccccc3n(C)c2=O)SC1=S. The van der Waals surface area contributed by atoms with Gasteiger partial charge in [-0.15, -0.1) is 0 Å². The highest BCUT2D eigenvalue weighted by Crippen LogP contribution is 2.37. The summed E-state index contributed by atoms with van der Waals surface area (Å²) >= 11 is 6.79. The number of benzene rings is 1. The summed E-state index contributed by atoms with van der Waals surface area (Å²) in [5.41, 5.74) is 2.14. The molecule has 0 saturated carbocycles. The third kappa shape index (κ3) is 4.74. The van der Waals surface area contributed by atoms with Crippen molar-refractivity contribution in [2.75, 3.05) is 24.5 Å². The van der Waals surface area contributed by atoms with Gasteiger partial charge in [0.05, 0.1) is 33.9 Å². The summed E-state index contributed by atoms with van der Waals surface area (Å²) in [7, 11) is 1.78. The number of thioether (sulfide) groups is 1. The molecule has 33 heavy (non-hydrogen) atoms. The maximum Gasteiger partial charge on any atom is 0.266 e. The molecule has 1 aromatic carbocycles. The molecule has 0 radical (unpaired) electrons. The fourth-order valence-electron chi connectivity index (χ4n) is 4.55. The molecule has 176 valence electrons. The molecular weight excluding hydrogens is 454 g/mol. The smallest absolute Gasteiger partial charge is 0.266 e. The normalized spacial score (nSPS) is 22.9. The fourth-order valence-corrected chi connectivity index (χ4v) is 5.84. The van der Waals surface area contributed by atoms with E-state index in [0.717, 1.165) is 23.0 Å². The van der Waals surface area contributed by atoms with Crippen molar-refractivity contribution in [2.24, 2.45) is 13.0 Å². The van der Waals surface area contributed by atoms with Crippen molar-refractivity contribution in [1.82, 2.24) is 9.47 Å². The molecule has 2 aromatic rings. The number of carbonyl (C=O) groups is 1. The first-order valence-corrected chi connectivity index (χ1v) is 12.7. The Morgan fingerprint density at radius 2 is 1.85 bits per heavy atom. The number of ether oxygens (including phenoxy) is 1. The highest BCUT2D eigenvalue weighted by molar-refractivity contribution is 8.26. The van der Waals surface area contributed by atoms with Crippen LogP contribution in [0, 0.1) is 5.92 Å². The lowest BCUT2D eigenvalue weighted by Crippen LogP contribution is -2.46. The number of rotatable bonds is 5. The van der Waals surface area contributed by atoms with E-state index in [1.165, 1.54) is 11.8 Å². The Bertz CT molecular complexity index is 1180. The van der Waals surface area contributed by atoms with Crippen LogP contribution in [0.3, 0.4) is 0 Å². The van der Waals surface area contributed by atoms with E-state index in [-0.39, 0.29) is 23.7 Å². The number of hydrogen-bond acceptors (Lipinski definition) is 6. The highest BCUT2D eigenvalue weighted by atomic mass is 32.2. The van der Waals surface area contributed by atoms with Crippen LogP contribution in [0.4, 0.5) is 5.69 Å². The average Bonchev–Trinajstić information content (AvgIpc) is 3.02. The molecule has 2 atom stereocenters. The number of aromatic nitrogens is 1. The lowest BCUT2D eigenvalue weighted by Gasteiger charge is -2.38. The molecule has 1 amide bonds. The van der Waals surface area contributed by atoms with Crippen LogP contribution in [-0.2, 0) is 16.6 Å². The standard InChI is InChI=1S/C25H31N3O3S2/c1-15(2)10-11-28-24(30)21(33-25(28)32)12-19-22(27-13-16(3)31-17(4)14-27)18-8-6-7-9-20(18)26(5)23(19)29/h6-9,12,15-17H,10-11,13-14H2,1-5H3. The second kappa shape index (κ2) is 9.60. The monoisotopic (exact) mass is 485 g/mol. The van der Waals surface area contributed by atoms with Crippen LogP contribution in [0.1, 0.15) is 39.7 Å². The van der Waals surface area contributed by atoms with Crippen molar-refractivity contribution in [3.63, 3.8) is 0 Å². The molecule has 0 spiro atoms. The predicted octanol–water partition coefficient (Wildman–Crippen LogP) is 4.40. The minimum Gasteiger partial charge on any atom is -0.372 e. The van der Waals surface area contributed by atoms with Gasteiger partial charge in [-0.1, -0.05) is 56.0 Å². The van der Waals surface area contributed by atoms with Crippen LogP contribution in [0.25, 0.3) is 17.0 Å². The van der Waals surface area contributed by atoms with Gasteiger partial charge in [0, 0.05) is 32.1 Å². The second-order valence-electron chi connectivity index (χ2n) is 9.32. The van der Waals surface area contributed by atoms with Gasteiger partial charge in [-0.3, -0.25) is 14.5 Å². The molecule has 2 unspecified atom stereocenters. The molecule has 2 aliphatic heterocycles. The lowest BCUT2D eigenvalue weighted by atomic mass is 10.0. The van der Waals surface area contributed by atoms with E-state index < -0.39 is 0 Å². The first-order valence-electron chi connectivity index (χ1n) is 11.4.